The Kier molecular flexibility index (Phi) is 6.36. The zero-order chi connectivity index (χ0) is 18.2. The first-order valence-corrected chi connectivity index (χ1v) is 9.03. The van der Waals surface area contributed by atoms with E-state index < -0.39 is 0 Å². The van der Waals surface area contributed by atoms with Gasteiger partial charge in [-0.15, -0.1) is 0 Å². The smallest absolute Gasteiger partial charge is 0.224 e. The van der Waals surface area contributed by atoms with Crippen LogP contribution in [-0.4, -0.2) is 32.8 Å². The van der Waals surface area contributed by atoms with Crippen LogP contribution in [0.15, 0.2) is 42.5 Å². The minimum atomic E-state index is 0.0334. The minimum absolute atomic E-state index is 0.0334. The Bertz CT molecular complexity index is 727. The number of unbranched alkanes of at least 4 members (excludes halogenated alkanes) is 1. The molecule has 1 N–H and O–H groups in total. The Balaban J connectivity index is 1.35. The first kappa shape index (κ1) is 18.1. The van der Waals surface area contributed by atoms with Crippen LogP contribution in [0.1, 0.15) is 24.0 Å². The normalized spacial score (nSPS) is 12.5. The van der Waals surface area contributed by atoms with E-state index in [0.717, 1.165) is 42.1 Å². The second-order valence-electron chi connectivity index (χ2n) is 6.31. The van der Waals surface area contributed by atoms with Gasteiger partial charge in [-0.05, 0) is 54.7 Å². The molecule has 0 bridgehead atoms. The number of carbonyl (C=O) groups excluding carboxylic acids is 1. The van der Waals surface area contributed by atoms with Crippen molar-refractivity contribution in [3.63, 3.8) is 0 Å². The van der Waals surface area contributed by atoms with E-state index in [1.807, 2.05) is 30.3 Å². The molecule has 1 aliphatic rings. The Morgan fingerprint density at radius 2 is 1.73 bits per heavy atom. The second-order valence-corrected chi connectivity index (χ2v) is 6.31. The molecule has 0 saturated carbocycles. The topological polar surface area (TPSA) is 56.8 Å². The van der Waals surface area contributed by atoms with E-state index >= 15 is 0 Å². The van der Waals surface area contributed by atoms with E-state index in [0.29, 0.717) is 26.2 Å². The van der Waals surface area contributed by atoms with Crippen molar-refractivity contribution in [2.24, 2.45) is 0 Å². The Morgan fingerprint density at radius 1 is 1.00 bits per heavy atom. The predicted molar refractivity (Wildman–Crippen MR) is 100 cm³/mol. The fourth-order valence-electron chi connectivity index (χ4n) is 2.92. The van der Waals surface area contributed by atoms with Gasteiger partial charge < -0.3 is 19.5 Å². The summed E-state index contributed by atoms with van der Waals surface area (Å²) in [6, 6.07) is 13.8. The lowest BCUT2D eigenvalue weighted by Crippen LogP contribution is -2.26. The number of fused-ring (bicyclic) bond motifs is 1. The van der Waals surface area contributed by atoms with Crippen LogP contribution in [0.3, 0.4) is 0 Å². The lowest BCUT2D eigenvalue weighted by Gasteiger charge is -2.18. The van der Waals surface area contributed by atoms with Gasteiger partial charge in [-0.2, -0.15) is 0 Å². The summed E-state index contributed by atoms with van der Waals surface area (Å²) in [5.74, 6) is 2.38. The monoisotopic (exact) mass is 355 g/mol. The van der Waals surface area contributed by atoms with E-state index in [1.165, 1.54) is 5.56 Å². The second kappa shape index (κ2) is 9.13. The minimum Gasteiger partial charge on any atom is -0.497 e. The average molecular weight is 355 g/mol. The summed E-state index contributed by atoms with van der Waals surface area (Å²) < 4.78 is 16.2. The van der Waals surface area contributed by atoms with Gasteiger partial charge in [-0.25, -0.2) is 0 Å². The SMILES string of the molecule is COc1ccc(CCCCNC(=O)Cc2ccc3c(c2)OCCO3)cc1. The molecule has 0 aromatic heterocycles. The quantitative estimate of drug-likeness (QED) is 0.739. The number of ether oxygens (including phenoxy) is 3. The summed E-state index contributed by atoms with van der Waals surface area (Å²) in [4.78, 5) is 12.1. The molecule has 3 rings (SSSR count). The molecule has 0 radical (unpaired) electrons. The van der Waals surface area contributed by atoms with E-state index in [1.54, 1.807) is 7.11 Å². The number of nitrogens with one attached hydrogen (secondary N) is 1. The molecule has 2 aromatic rings. The summed E-state index contributed by atoms with van der Waals surface area (Å²) in [6.45, 7) is 1.82. The molecule has 0 spiro atoms. The molecule has 1 heterocycles. The summed E-state index contributed by atoms with van der Waals surface area (Å²) in [7, 11) is 1.67. The van der Waals surface area contributed by atoms with Gasteiger partial charge in [0.2, 0.25) is 5.91 Å². The van der Waals surface area contributed by atoms with Crippen molar-refractivity contribution >= 4 is 5.91 Å². The van der Waals surface area contributed by atoms with Gasteiger partial charge >= 0.3 is 0 Å². The van der Waals surface area contributed by atoms with Gasteiger partial charge in [0.1, 0.15) is 19.0 Å². The third-order valence-electron chi connectivity index (χ3n) is 4.34. The van der Waals surface area contributed by atoms with Crippen LogP contribution in [-0.2, 0) is 17.6 Å². The Labute approximate surface area is 154 Å². The highest BCUT2D eigenvalue weighted by Gasteiger charge is 2.13. The number of hydrogen-bond acceptors (Lipinski definition) is 4. The van der Waals surface area contributed by atoms with Gasteiger partial charge in [0.05, 0.1) is 13.5 Å². The maximum absolute atomic E-state index is 12.1. The van der Waals surface area contributed by atoms with Crippen LogP contribution in [0, 0.1) is 0 Å². The summed E-state index contributed by atoms with van der Waals surface area (Å²) in [5.41, 5.74) is 2.22. The van der Waals surface area contributed by atoms with E-state index in [2.05, 4.69) is 17.4 Å². The van der Waals surface area contributed by atoms with Crippen molar-refractivity contribution < 1.29 is 19.0 Å². The zero-order valence-corrected chi connectivity index (χ0v) is 15.1. The number of aryl methyl sites for hydroxylation is 1. The molecule has 0 saturated heterocycles. The van der Waals surface area contributed by atoms with E-state index in [9.17, 15) is 4.79 Å². The highest BCUT2D eigenvalue weighted by atomic mass is 16.6. The largest absolute Gasteiger partial charge is 0.497 e. The van der Waals surface area contributed by atoms with Crippen molar-refractivity contribution in [2.75, 3.05) is 26.9 Å². The molecule has 5 nitrogen and oxygen atoms in total. The van der Waals surface area contributed by atoms with Gasteiger partial charge in [-0.1, -0.05) is 18.2 Å². The molecular formula is C21H25NO4. The van der Waals surface area contributed by atoms with E-state index in [-0.39, 0.29) is 5.91 Å². The first-order chi connectivity index (χ1) is 12.7. The van der Waals surface area contributed by atoms with Gasteiger partial charge in [0, 0.05) is 6.54 Å². The predicted octanol–water partition coefficient (Wildman–Crippen LogP) is 3.15. The molecular weight excluding hydrogens is 330 g/mol. The maximum Gasteiger partial charge on any atom is 0.224 e. The van der Waals surface area contributed by atoms with Gasteiger partial charge in [0.25, 0.3) is 0 Å². The number of benzene rings is 2. The van der Waals surface area contributed by atoms with Crippen LogP contribution in [0.5, 0.6) is 17.2 Å². The maximum atomic E-state index is 12.1. The fourth-order valence-corrected chi connectivity index (χ4v) is 2.92. The number of rotatable bonds is 8. The summed E-state index contributed by atoms with van der Waals surface area (Å²) in [5, 5.41) is 2.98. The van der Waals surface area contributed by atoms with Crippen LogP contribution >= 0.6 is 0 Å². The summed E-state index contributed by atoms with van der Waals surface area (Å²) >= 11 is 0. The van der Waals surface area contributed by atoms with Crippen molar-refractivity contribution in [2.45, 2.75) is 25.7 Å². The van der Waals surface area contributed by atoms with Crippen molar-refractivity contribution in [1.82, 2.24) is 5.32 Å². The fraction of sp³-hybridized carbons (Fsp3) is 0.381. The molecule has 0 aliphatic carbocycles. The number of amides is 1. The molecule has 0 fully saturated rings. The van der Waals surface area contributed by atoms with Crippen LogP contribution in [0.2, 0.25) is 0 Å². The number of hydrogen-bond donors (Lipinski definition) is 1. The molecule has 0 atom stereocenters. The lowest BCUT2D eigenvalue weighted by atomic mass is 10.1. The standard InChI is InChI=1S/C21H25NO4/c1-24-18-8-5-16(6-9-18)4-2-3-11-22-21(23)15-17-7-10-19-20(14-17)26-13-12-25-19/h5-10,14H,2-4,11-13,15H2,1H3,(H,22,23). The average Bonchev–Trinajstić information content (AvgIpc) is 2.68. The van der Waals surface area contributed by atoms with Crippen LogP contribution in [0.4, 0.5) is 0 Å². The van der Waals surface area contributed by atoms with E-state index in [4.69, 9.17) is 14.2 Å². The van der Waals surface area contributed by atoms with Crippen molar-refractivity contribution in [1.29, 1.82) is 0 Å². The Morgan fingerprint density at radius 3 is 2.50 bits per heavy atom. The van der Waals surface area contributed by atoms with Gasteiger partial charge in [0.15, 0.2) is 11.5 Å². The molecule has 1 amide bonds. The highest BCUT2D eigenvalue weighted by molar-refractivity contribution is 5.78. The third kappa shape index (κ3) is 5.15. The zero-order valence-electron chi connectivity index (χ0n) is 15.1. The number of carbonyl (C=O) groups is 1. The lowest BCUT2D eigenvalue weighted by molar-refractivity contribution is -0.120. The van der Waals surface area contributed by atoms with Crippen LogP contribution < -0.4 is 19.5 Å². The molecule has 26 heavy (non-hydrogen) atoms. The summed E-state index contributed by atoms with van der Waals surface area (Å²) in [6.07, 6.45) is 3.35. The Hall–Kier alpha value is -2.69. The van der Waals surface area contributed by atoms with Crippen molar-refractivity contribution in [3.8, 4) is 17.2 Å². The molecule has 5 heteroatoms. The third-order valence-corrected chi connectivity index (χ3v) is 4.34. The highest BCUT2D eigenvalue weighted by Crippen LogP contribution is 2.30. The molecule has 1 aliphatic heterocycles. The number of methoxy groups -OCH3 is 1. The van der Waals surface area contributed by atoms with Gasteiger partial charge in [-0.3, -0.25) is 4.79 Å². The van der Waals surface area contributed by atoms with Crippen molar-refractivity contribution in [3.05, 3.63) is 53.6 Å². The first-order valence-electron chi connectivity index (χ1n) is 9.03. The van der Waals surface area contributed by atoms with Crippen LogP contribution in [0.25, 0.3) is 0 Å². The molecule has 138 valence electrons. The molecule has 2 aromatic carbocycles. The molecule has 0 unspecified atom stereocenters.